The van der Waals surface area contributed by atoms with Crippen molar-refractivity contribution < 1.29 is 22.6 Å². The molecule has 144 valence electrons. The first-order valence-electron chi connectivity index (χ1n) is 8.48. The fourth-order valence-electron chi connectivity index (χ4n) is 2.52. The van der Waals surface area contributed by atoms with Crippen LogP contribution < -0.4 is 10.8 Å². The number of hydroxylamine groups is 1. The lowest BCUT2D eigenvalue weighted by atomic mass is 10.1. The smallest absolute Gasteiger partial charge is 0.277 e. The molecule has 1 aliphatic carbocycles. The molecule has 2 N–H and O–H groups in total. The van der Waals surface area contributed by atoms with Gasteiger partial charge >= 0.3 is 0 Å². The molecule has 0 bridgehead atoms. The summed E-state index contributed by atoms with van der Waals surface area (Å²) in [7, 11) is -1.16. The first kappa shape index (κ1) is 19.4. The second kappa shape index (κ2) is 8.14. The molecule has 0 aromatic heterocycles. The Morgan fingerprint density at radius 3 is 2.63 bits per heavy atom. The Labute approximate surface area is 158 Å². The Kier molecular flexibility index (Phi) is 5.86. The van der Waals surface area contributed by atoms with Crippen LogP contribution in [-0.4, -0.2) is 23.0 Å². The molecule has 0 heterocycles. The number of hydrogen-bond acceptors (Lipinski definition) is 4. The summed E-state index contributed by atoms with van der Waals surface area (Å²) in [4.78, 5) is 18.1. The minimum absolute atomic E-state index is 0.0766. The topological polar surface area (TPSA) is 67.4 Å². The summed E-state index contributed by atoms with van der Waals surface area (Å²) >= 11 is 0. The molecule has 0 aliphatic heterocycles. The van der Waals surface area contributed by atoms with Crippen molar-refractivity contribution in [2.75, 3.05) is 18.2 Å². The third-order valence-corrected chi connectivity index (χ3v) is 5.23. The fourth-order valence-corrected chi connectivity index (χ4v) is 3.12. The molecule has 3 rings (SSSR count). The van der Waals surface area contributed by atoms with Crippen LogP contribution in [-0.2, 0) is 15.6 Å². The maximum absolute atomic E-state index is 14.4. The van der Waals surface area contributed by atoms with E-state index in [1.54, 1.807) is 31.4 Å². The van der Waals surface area contributed by atoms with Crippen LogP contribution >= 0.6 is 0 Å². The van der Waals surface area contributed by atoms with Crippen LogP contribution in [0.4, 0.5) is 20.2 Å². The average Bonchev–Trinajstić information content (AvgIpc) is 3.44. The molecule has 0 spiro atoms. The minimum atomic E-state index is -1.16. The quantitative estimate of drug-likeness (QED) is 0.701. The van der Waals surface area contributed by atoms with Gasteiger partial charge in [0.1, 0.15) is 0 Å². The number of carbonyl (C=O) groups excluding carboxylic acids is 1. The summed E-state index contributed by atoms with van der Waals surface area (Å²) in [5.74, 6) is -2.46. The van der Waals surface area contributed by atoms with Gasteiger partial charge in [-0.25, -0.2) is 14.3 Å². The van der Waals surface area contributed by atoms with Crippen molar-refractivity contribution in [1.29, 1.82) is 0 Å². The van der Waals surface area contributed by atoms with Crippen molar-refractivity contribution in [3.05, 3.63) is 53.1 Å². The molecule has 0 saturated heterocycles. The van der Waals surface area contributed by atoms with Gasteiger partial charge in [0.05, 0.1) is 17.9 Å². The molecule has 27 heavy (non-hydrogen) atoms. The number of hydrogen-bond donors (Lipinski definition) is 2. The van der Waals surface area contributed by atoms with E-state index in [-0.39, 0.29) is 11.3 Å². The van der Waals surface area contributed by atoms with Crippen molar-refractivity contribution in [3.63, 3.8) is 0 Å². The Morgan fingerprint density at radius 2 is 2.00 bits per heavy atom. The molecule has 1 saturated carbocycles. The van der Waals surface area contributed by atoms with Crippen molar-refractivity contribution in [3.8, 4) is 0 Å². The molecule has 1 fully saturated rings. The van der Waals surface area contributed by atoms with E-state index in [2.05, 4.69) is 10.8 Å². The normalized spacial score (nSPS) is 14.7. The summed E-state index contributed by atoms with van der Waals surface area (Å²) in [5, 5.41) is 2.78. The molecule has 5 nitrogen and oxygen atoms in total. The monoisotopic (exact) mass is 394 g/mol. The standard InChI is InChI=1S/C19H20F2N2O3S/c1-11-9-13(27(2)25)5-8-16(11)22-18-14(6-7-15(20)17(18)21)19(24)23-26-10-12-3-4-12/h5-9,12,22H,3-4,10H2,1-2H3,(H,23,24). The zero-order valence-electron chi connectivity index (χ0n) is 15.0. The van der Waals surface area contributed by atoms with Crippen molar-refractivity contribution >= 4 is 28.1 Å². The van der Waals surface area contributed by atoms with Crippen molar-refractivity contribution in [2.24, 2.45) is 5.92 Å². The van der Waals surface area contributed by atoms with Crippen LogP contribution in [0.5, 0.6) is 0 Å². The second-order valence-corrected chi connectivity index (χ2v) is 7.90. The predicted molar refractivity (Wildman–Crippen MR) is 99.3 cm³/mol. The molecule has 1 atom stereocenters. The molecule has 1 unspecified atom stereocenters. The van der Waals surface area contributed by atoms with Crippen LogP contribution in [0, 0.1) is 24.5 Å². The zero-order valence-corrected chi connectivity index (χ0v) is 15.8. The van der Waals surface area contributed by atoms with Crippen LogP contribution in [0.25, 0.3) is 0 Å². The molecule has 0 radical (unpaired) electrons. The molecular weight excluding hydrogens is 374 g/mol. The molecule has 2 aromatic carbocycles. The van der Waals surface area contributed by atoms with Crippen molar-refractivity contribution in [1.82, 2.24) is 5.48 Å². The number of anilines is 2. The number of benzene rings is 2. The van der Waals surface area contributed by atoms with E-state index in [1.807, 2.05) is 0 Å². The van der Waals surface area contributed by atoms with E-state index in [4.69, 9.17) is 4.84 Å². The van der Waals surface area contributed by atoms with Crippen molar-refractivity contribution in [2.45, 2.75) is 24.7 Å². The van der Waals surface area contributed by atoms with Gasteiger partial charge < -0.3 is 5.32 Å². The van der Waals surface area contributed by atoms with Gasteiger partial charge in [-0.15, -0.1) is 0 Å². The summed E-state index contributed by atoms with van der Waals surface area (Å²) in [6, 6.07) is 7.02. The summed E-state index contributed by atoms with van der Waals surface area (Å²) in [6.45, 7) is 2.14. The summed E-state index contributed by atoms with van der Waals surface area (Å²) in [6.07, 6.45) is 3.68. The highest BCUT2D eigenvalue weighted by molar-refractivity contribution is 7.84. The van der Waals surface area contributed by atoms with Gasteiger partial charge in [-0.05, 0) is 61.6 Å². The Morgan fingerprint density at radius 1 is 1.26 bits per heavy atom. The van der Waals surface area contributed by atoms with E-state index in [0.29, 0.717) is 28.7 Å². The minimum Gasteiger partial charge on any atom is -0.352 e. The van der Waals surface area contributed by atoms with Gasteiger partial charge in [-0.3, -0.25) is 13.8 Å². The summed E-state index contributed by atoms with van der Waals surface area (Å²) in [5.41, 5.74) is 3.07. The van der Waals surface area contributed by atoms with Gasteiger partial charge in [0, 0.05) is 27.6 Å². The number of amides is 1. The Hall–Kier alpha value is -2.32. The molecular formula is C19H20F2N2O3S. The molecule has 2 aromatic rings. The molecule has 8 heteroatoms. The highest BCUT2D eigenvalue weighted by atomic mass is 32.2. The van der Waals surface area contributed by atoms with Crippen LogP contribution in [0.15, 0.2) is 35.2 Å². The lowest BCUT2D eigenvalue weighted by Gasteiger charge is -2.15. The van der Waals surface area contributed by atoms with Gasteiger partial charge in [-0.2, -0.15) is 0 Å². The third kappa shape index (κ3) is 4.70. The lowest BCUT2D eigenvalue weighted by molar-refractivity contribution is 0.0270. The van der Waals surface area contributed by atoms with E-state index in [0.717, 1.165) is 18.9 Å². The lowest BCUT2D eigenvalue weighted by Crippen LogP contribution is -2.26. The van der Waals surface area contributed by atoms with Gasteiger partial charge in [0.2, 0.25) is 0 Å². The van der Waals surface area contributed by atoms with E-state index >= 15 is 0 Å². The highest BCUT2D eigenvalue weighted by Crippen LogP contribution is 2.30. The van der Waals surface area contributed by atoms with E-state index in [9.17, 15) is 17.8 Å². The van der Waals surface area contributed by atoms with Crippen LogP contribution in [0.2, 0.25) is 0 Å². The zero-order chi connectivity index (χ0) is 19.6. The third-order valence-electron chi connectivity index (χ3n) is 4.31. The fraction of sp³-hybridized carbons (Fsp3) is 0.316. The largest absolute Gasteiger partial charge is 0.352 e. The second-order valence-electron chi connectivity index (χ2n) is 6.53. The first-order chi connectivity index (χ1) is 12.9. The maximum Gasteiger partial charge on any atom is 0.277 e. The molecule has 1 aliphatic rings. The maximum atomic E-state index is 14.4. The Bertz CT molecular complexity index is 901. The van der Waals surface area contributed by atoms with Gasteiger partial charge in [-0.1, -0.05) is 0 Å². The first-order valence-corrected chi connectivity index (χ1v) is 10.0. The Balaban J connectivity index is 1.85. The van der Waals surface area contributed by atoms with Gasteiger partial charge in [0.15, 0.2) is 11.6 Å². The van der Waals surface area contributed by atoms with E-state index in [1.165, 1.54) is 6.07 Å². The van der Waals surface area contributed by atoms with Crippen LogP contribution in [0.1, 0.15) is 28.8 Å². The number of halogens is 2. The number of rotatable bonds is 7. The van der Waals surface area contributed by atoms with E-state index < -0.39 is 28.3 Å². The SMILES string of the molecule is Cc1cc(S(C)=O)ccc1Nc1c(C(=O)NOCC2CC2)ccc(F)c1F. The molecule has 1 amide bonds. The highest BCUT2D eigenvalue weighted by Gasteiger charge is 2.23. The summed E-state index contributed by atoms with van der Waals surface area (Å²) < 4.78 is 39.7. The van der Waals surface area contributed by atoms with Gasteiger partial charge in [0.25, 0.3) is 5.91 Å². The van der Waals surface area contributed by atoms with Crippen LogP contribution in [0.3, 0.4) is 0 Å². The predicted octanol–water partition coefficient (Wildman–Crippen LogP) is 3.83. The number of carbonyl (C=O) groups is 1. The number of aryl methyl sites for hydroxylation is 1. The number of nitrogens with one attached hydrogen (secondary N) is 2. The average molecular weight is 394 g/mol.